The van der Waals surface area contributed by atoms with Crippen LogP contribution in [0.2, 0.25) is 0 Å². The van der Waals surface area contributed by atoms with Gasteiger partial charge in [0.1, 0.15) is 11.3 Å². The normalized spacial score (nSPS) is 10.8. The molecule has 0 aliphatic rings. The highest BCUT2D eigenvalue weighted by atomic mass is 79.9. The number of benzene rings is 2. The lowest BCUT2D eigenvalue weighted by molar-refractivity contribution is 0.0603. The van der Waals surface area contributed by atoms with Crippen LogP contribution >= 0.6 is 15.9 Å². The molecule has 106 valence electrons. The highest BCUT2D eigenvalue weighted by Crippen LogP contribution is 2.26. The molecule has 0 fully saturated rings. The van der Waals surface area contributed by atoms with Crippen molar-refractivity contribution in [3.8, 4) is 11.4 Å². The zero-order valence-corrected chi connectivity index (χ0v) is 13.2. The van der Waals surface area contributed by atoms with E-state index >= 15 is 0 Å². The molecule has 0 amide bonds. The van der Waals surface area contributed by atoms with Crippen molar-refractivity contribution < 1.29 is 9.53 Å². The van der Waals surface area contributed by atoms with Crippen LogP contribution in [-0.2, 0) is 4.74 Å². The summed E-state index contributed by atoms with van der Waals surface area (Å²) in [4.78, 5) is 19.6. The van der Waals surface area contributed by atoms with E-state index in [2.05, 4.69) is 25.9 Å². The third kappa shape index (κ3) is 2.45. The summed E-state index contributed by atoms with van der Waals surface area (Å²) in [5, 5.41) is 0. The Morgan fingerprint density at radius 2 is 2.10 bits per heavy atom. The molecule has 0 atom stereocenters. The van der Waals surface area contributed by atoms with Gasteiger partial charge in [0, 0.05) is 10.0 Å². The fourth-order valence-corrected chi connectivity index (χ4v) is 2.48. The van der Waals surface area contributed by atoms with Crippen LogP contribution in [0.4, 0.5) is 0 Å². The van der Waals surface area contributed by atoms with Gasteiger partial charge in [0.05, 0.1) is 18.2 Å². The van der Waals surface area contributed by atoms with Crippen molar-refractivity contribution in [2.75, 3.05) is 7.11 Å². The van der Waals surface area contributed by atoms with Crippen molar-refractivity contribution in [2.24, 2.45) is 0 Å². The first-order valence-corrected chi connectivity index (χ1v) is 7.23. The molecule has 0 aliphatic carbocycles. The smallest absolute Gasteiger partial charge is 0.340 e. The topological polar surface area (TPSA) is 55.0 Å². The molecule has 2 aromatic carbocycles. The van der Waals surface area contributed by atoms with Crippen LogP contribution in [0.25, 0.3) is 22.4 Å². The van der Waals surface area contributed by atoms with Crippen molar-refractivity contribution >= 4 is 32.9 Å². The molecule has 0 unspecified atom stereocenters. The van der Waals surface area contributed by atoms with Crippen LogP contribution in [0.5, 0.6) is 0 Å². The van der Waals surface area contributed by atoms with Crippen LogP contribution in [0, 0.1) is 6.92 Å². The Morgan fingerprint density at radius 3 is 2.81 bits per heavy atom. The number of hydrogen-bond donors (Lipinski definition) is 1. The largest absolute Gasteiger partial charge is 0.465 e. The monoisotopic (exact) mass is 344 g/mol. The third-order valence-corrected chi connectivity index (χ3v) is 4.24. The molecule has 0 bridgehead atoms. The highest BCUT2D eigenvalue weighted by molar-refractivity contribution is 9.10. The first-order valence-electron chi connectivity index (χ1n) is 6.43. The minimum Gasteiger partial charge on any atom is -0.465 e. The number of aromatic amines is 1. The van der Waals surface area contributed by atoms with E-state index < -0.39 is 0 Å². The first kappa shape index (κ1) is 13.8. The Morgan fingerprint density at radius 1 is 1.29 bits per heavy atom. The lowest BCUT2D eigenvalue weighted by Crippen LogP contribution is -2.01. The summed E-state index contributed by atoms with van der Waals surface area (Å²) in [5.41, 5.74) is 4.00. The van der Waals surface area contributed by atoms with Gasteiger partial charge in [-0.05, 0) is 36.8 Å². The fraction of sp³-hybridized carbons (Fsp3) is 0.125. The number of rotatable bonds is 2. The number of nitrogens with zero attached hydrogens (tertiary/aromatic N) is 1. The number of carbonyl (C=O) groups is 1. The van der Waals surface area contributed by atoms with Crippen LogP contribution in [-0.4, -0.2) is 23.0 Å². The maximum absolute atomic E-state index is 11.8. The second-order valence-corrected chi connectivity index (χ2v) is 5.60. The van der Waals surface area contributed by atoms with Crippen molar-refractivity contribution in [1.29, 1.82) is 0 Å². The average molecular weight is 345 g/mol. The number of methoxy groups -OCH3 is 1. The molecule has 0 saturated carbocycles. The summed E-state index contributed by atoms with van der Waals surface area (Å²) in [6.07, 6.45) is 0. The SMILES string of the molecule is COC(=O)c1cccc2[nH]c(-c3ccc(Br)c(C)c3)nc12. The van der Waals surface area contributed by atoms with E-state index in [1.165, 1.54) is 7.11 Å². The predicted molar refractivity (Wildman–Crippen MR) is 85.3 cm³/mol. The number of H-pyrrole nitrogens is 1. The van der Waals surface area contributed by atoms with E-state index in [-0.39, 0.29) is 5.97 Å². The number of esters is 1. The van der Waals surface area contributed by atoms with Crippen molar-refractivity contribution in [3.05, 3.63) is 52.0 Å². The number of aryl methyl sites for hydroxylation is 1. The zero-order chi connectivity index (χ0) is 15.0. The standard InChI is InChI=1S/C16H13BrN2O2/c1-9-8-10(6-7-12(9)17)15-18-13-5-3-4-11(14(13)19-15)16(20)21-2/h3-8H,1-2H3,(H,18,19). The molecule has 0 radical (unpaired) electrons. The molecular weight excluding hydrogens is 332 g/mol. The summed E-state index contributed by atoms with van der Waals surface area (Å²) >= 11 is 3.48. The predicted octanol–water partition coefficient (Wildman–Crippen LogP) is 4.09. The fourth-order valence-electron chi connectivity index (χ4n) is 2.24. The number of fused-ring (bicyclic) bond motifs is 1. The number of carbonyl (C=O) groups excluding carboxylic acids is 1. The summed E-state index contributed by atoms with van der Waals surface area (Å²) < 4.78 is 5.85. The van der Waals surface area contributed by atoms with Gasteiger partial charge < -0.3 is 9.72 Å². The molecule has 21 heavy (non-hydrogen) atoms. The molecule has 3 rings (SSSR count). The molecule has 0 saturated heterocycles. The maximum Gasteiger partial charge on any atom is 0.340 e. The maximum atomic E-state index is 11.8. The minimum absolute atomic E-state index is 0.384. The number of ether oxygens (including phenoxy) is 1. The Hall–Kier alpha value is -2.14. The molecule has 3 aromatic rings. The third-order valence-electron chi connectivity index (χ3n) is 3.35. The van der Waals surface area contributed by atoms with Gasteiger partial charge in [-0.2, -0.15) is 0 Å². The second kappa shape index (κ2) is 5.33. The average Bonchev–Trinajstić information content (AvgIpc) is 2.93. The molecular formula is C16H13BrN2O2. The van der Waals surface area contributed by atoms with E-state index in [4.69, 9.17) is 4.74 Å². The number of hydrogen-bond acceptors (Lipinski definition) is 3. The molecule has 1 aromatic heterocycles. The Labute approximate surface area is 130 Å². The van der Waals surface area contributed by atoms with E-state index in [1.807, 2.05) is 37.3 Å². The van der Waals surface area contributed by atoms with E-state index in [9.17, 15) is 4.79 Å². The number of aromatic nitrogens is 2. The molecule has 0 spiro atoms. The summed E-state index contributed by atoms with van der Waals surface area (Å²) in [7, 11) is 1.37. The van der Waals surface area contributed by atoms with Crippen LogP contribution in [0.3, 0.4) is 0 Å². The number of imidazole rings is 1. The van der Waals surface area contributed by atoms with Gasteiger partial charge in [-0.1, -0.05) is 28.1 Å². The van der Waals surface area contributed by atoms with Gasteiger partial charge in [-0.25, -0.2) is 9.78 Å². The van der Waals surface area contributed by atoms with Crippen molar-refractivity contribution in [3.63, 3.8) is 0 Å². The number of para-hydroxylation sites is 1. The molecule has 5 heteroatoms. The van der Waals surface area contributed by atoms with Crippen molar-refractivity contribution in [2.45, 2.75) is 6.92 Å². The molecule has 1 heterocycles. The van der Waals surface area contributed by atoms with Crippen LogP contribution in [0.1, 0.15) is 15.9 Å². The molecule has 4 nitrogen and oxygen atoms in total. The van der Waals surface area contributed by atoms with Crippen molar-refractivity contribution in [1.82, 2.24) is 9.97 Å². The lowest BCUT2D eigenvalue weighted by atomic mass is 10.1. The highest BCUT2D eigenvalue weighted by Gasteiger charge is 2.14. The first-order chi connectivity index (χ1) is 10.1. The summed E-state index contributed by atoms with van der Waals surface area (Å²) in [6, 6.07) is 11.4. The Balaban J connectivity index is 2.17. The summed E-state index contributed by atoms with van der Waals surface area (Å²) in [6.45, 7) is 2.02. The van der Waals surface area contributed by atoms with E-state index in [0.29, 0.717) is 11.1 Å². The van der Waals surface area contributed by atoms with Gasteiger partial charge in [0.15, 0.2) is 0 Å². The van der Waals surface area contributed by atoms with Gasteiger partial charge in [-0.15, -0.1) is 0 Å². The van der Waals surface area contributed by atoms with E-state index in [0.717, 1.165) is 26.9 Å². The molecule has 0 aliphatic heterocycles. The van der Waals surface area contributed by atoms with Crippen LogP contribution in [0.15, 0.2) is 40.9 Å². The van der Waals surface area contributed by atoms with Gasteiger partial charge in [0.25, 0.3) is 0 Å². The second-order valence-electron chi connectivity index (χ2n) is 4.74. The van der Waals surface area contributed by atoms with Gasteiger partial charge >= 0.3 is 5.97 Å². The Kier molecular flexibility index (Phi) is 3.51. The summed E-state index contributed by atoms with van der Waals surface area (Å²) in [5.74, 6) is 0.350. The van der Waals surface area contributed by atoms with Gasteiger partial charge in [0.2, 0.25) is 0 Å². The quantitative estimate of drug-likeness (QED) is 0.712. The number of halogens is 1. The molecule has 1 N–H and O–H groups in total. The van der Waals surface area contributed by atoms with Gasteiger partial charge in [-0.3, -0.25) is 0 Å². The lowest BCUT2D eigenvalue weighted by Gasteiger charge is -2.01. The number of nitrogens with one attached hydrogen (secondary N) is 1. The zero-order valence-electron chi connectivity index (χ0n) is 11.6. The minimum atomic E-state index is -0.384. The Bertz CT molecular complexity index is 839. The van der Waals surface area contributed by atoms with E-state index in [1.54, 1.807) is 6.07 Å². The van der Waals surface area contributed by atoms with Crippen LogP contribution < -0.4 is 0 Å².